The second kappa shape index (κ2) is 65.9. The average molecular weight is 1190 g/mol. The van der Waals surface area contributed by atoms with Gasteiger partial charge in [0.1, 0.15) is 19.3 Å². The smallest absolute Gasteiger partial charge is 0.320 e. The van der Waals surface area contributed by atoms with Crippen molar-refractivity contribution in [2.75, 3.05) is 305 Å². The second-order valence-corrected chi connectivity index (χ2v) is 16.9. The molecule has 484 valence electrons. The molecule has 82 heavy (non-hydrogen) atoms. The maximum atomic E-state index is 11.4. The minimum Gasteiger partial charge on any atom is -0.487 e. The number of benzene rings is 1. The summed E-state index contributed by atoms with van der Waals surface area (Å²) in [6, 6.07) is 4.15. The van der Waals surface area contributed by atoms with Gasteiger partial charge in [-0.25, -0.2) is 0 Å². The molecule has 1 aromatic carbocycles. The highest BCUT2D eigenvalue weighted by atomic mass is 16.6. The molecule has 0 aromatic heterocycles. The first kappa shape index (κ1) is 77.4. The molecule has 0 saturated carbocycles. The summed E-state index contributed by atoms with van der Waals surface area (Å²) >= 11 is 0. The van der Waals surface area contributed by atoms with Crippen molar-refractivity contribution >= 4 is 5.97 Å². The Hall–Kier alpha value is -2.63. The predicted octanol–water partition coefficient (Wildman–Crippen LogP) is 1.02. The lowest BCUT2D eigenvalue weighted by molar-refractivity contribution is -0.138. The zero-order chi connectivity index (χ0) is 58.8. The molecule has 27 nitrogen and oxygen atoms in total. The zero-order valence-corrected chi connectivity index (χ0v) is 49.4. The van der Waals surface area contributed by atoms with Crippen LogP contribution in [0.25, 0.3) is 0 Å². The Morgan fingerprint density at radius 1 is 0.305 bits per heavy atom. The quantitative estimate of drug-likeness (QED) is 0.0861. The molecule has 0 aliphatic carbocycles. The Labute approximate surface area is 486 Å². The Bertz CT molecular complexity index is 1430. The third-order valence-electron chi connectivity index (χ3n) is 10.3. The summed E-state index contributed by atoms with van der Waals surface area (Å²) in [4.78, 5) is 11.4. The van der Waals surface area contributed by atoms with Crippen molar-refractivity contribution in [3.8, 4) is 11.5 Å². The fraction of sp³-hybridized carbons (Fsp3) is 0.873. The minimum absolute atomic E-state index is 0.128. The van der Waals surface area contributed by atoms with Crippen molar-refractivity contribution < 1.29 is 124 Å². The summed E-state index contributed by atoms with van der Waals surface area (Å²) < 4.78 is 132. The van der Waals surface area contributed by atoms with E-state index in [0.717, 1.165) is 0 Å². The molecule has 27 heteroatoms. The molecule has 1 unspecified atom stereocenters. The molecular formula is C55H103NO26. The third kappa shape index (κ3) is 57.8. The number of carbonyl (C=O) groups is 1. The molecule has 3 N–H and O–H groups in total. The molecule has 1 rings (SSSR count). The summed E-state index contributed by atoms with van der Waals surface area (Å²) in [5.74, 6) is -0.172. The SMILES string of the molecule is COCCOCCOCCOCCOCCOCCOCCOCCOCCOCCOCCOc1ccc(CC(N)C(=O)O)cc1OCCOCCOCCOCCOCCOCCOCCOCCOCCOCCOCCOC. The summed E-state index contributed by atoms with van der Waals surface area (Å²) in [7, 11) is 3.28. The standard InChI is InChI=1S/C55H103NO26/c1-59-5-7-61-9-11-63-13-15-65-17-19-67-21-23-69-25-27-71-29-31-73-33-35-75-37-39-77-41-43-79-45-47-81-53-4-3-51(49-52(56)55(57)58)50-54(53)82-48-46-80-44-42-78-40-38-76-36-34-74-32-30-72-28-26-70-24-22-68-20-18-66-16-14-64-12-10-62-8-6-60-2/h3-4,50,52H,5-49,56H2,1-2H3,(H,57,58). The monoisotopic (exact) mass is 1190 g/mol. The van der Waals surface area contributed by atoms with Gasteiger partial charge in [0.2, 0.25) is 0 Å². The summed E-state index contributed by atoms with van der Waals surface area (Å²) in [6.45, 7) is 20.2. The normalized spacial score (nSPS) is 12.0. The number of carboxylic acid groups (broad SMARTS) is 1. The highest BCUT2D eigenvalue weighted by Gasteiger charge is 2.15. The van der Waals surface area contributed by atoms with Gasteiger partial charge in [-0.2, -0.15) is 0 Å². The second-order valence-electron chi connectivity index (χ2n) is 16.9. The molecule has 0 saturated heterocycles. The number of rotatable bonds is 71. The van der Waals surface area contributed by atoms with Crippen molar-refractivity contribution in [2.24, 2.45) is 5.73 Å². The number of hydrogen-bond donors (Lipinski definition) is 2. The molecular weight excluding hydrogens is 1090 g/mol. The first-order chi connectivity index (χ1) is 40.6. The van der Waals surface area contributed by atoms with Gasteiger partial charge in [0.15, 0.2) is 11.5 Å². The van der Waals surface area contributed by atoms with Crippen LogP contribution in [0.5, 0.6) is 11.5 Å². The van der Waals surface area contributed by atoms with E-state index in [1.54, 1.807) is 32.4 Å². The van der Waals surface area contributed by atoms with Crippen LogP contribution >= 0.6 is 0 Å². The van der Waals surface area contributed by atoms with Crippen LogP contribution in [0.1, 0.15) is 5.56 Å². The lowest BCUT2D eigenvalue weighted by Gasteiger charge is -2.15. The molecule has 0 amide bonds. The van der Waals surface area contributed by atoms with Crippen LogP contribution in [0, 0.1) is 0 Å². The van der Waals surface area contributed by atoms with Gasteiger partial charge in [0, 0.05) is 14.2 Å². The van der Waals surface area contributed by atoms with Crippen molar-refractivity contribution in [1.29, 1.82) is 0 Å². The van der Waals surface area contributed by atoms with Gasteiger partial charge in [-0.15, -0.1) is 0 Å². The fourth-order valence-electron chi connectivity index (χ4n) is 6.12. The Balaban J connectivity index is 1.93. The van der Waals surface area contributed by atoms with Gasteiger partial charge in [0.05, 0.1) is 277 Å². The first-order valence-electron chi connectivity index (χ1n) is 28.5. The first-order valence-corrected chi connectivity index (χ1v) is 28.5. The van der Waals surface area contributed by atoms with Crippen LogP contribution in [-0.4, -0.2) is 322 Å². The van der Waals surface area contributed by atoms with Crippen LogP contribution < -0.4 is 15.2 Å². The topological polar surface area (TPSA) is 285 Å². The minimum atomic E-state index is -1.09. The molecule has 0 radical (unpaired) electrons. The number of carboxylic acids is 1. The van der Waals surface area contributed by atoms with Crippen molar-refractivity contribution in [3.63, 3.8) is 0 Å². The van der Waals surface area contributed by atoms with Crippen molar-refractivity contribution in [3.05, 3.63) is 23.8 Å². The molecule has 0 spiro atoms. The van der Waals surface area contributed by atoms with E-state index in [0.29, 0.717) is 295 Å². The van der Waals surface area contributed by atoms with Crippen molar-refractivity contribution in [2.45, 2.75) is 12.5 Å². The van der Waals surface area contributed by atoms with Crippen LogP contribution in [-0.2, 0) is 115 Å². The molecule has 0 aliphatic rings. The van der Waals surface area contributed by atoms with Gasteiger partial charge >= 0.3 is 5.97 Å². The number of hydrogen-bond acceptors (Lipinski definition) is 26. The van der Waals surface area contributed by atoms with Gasteiger partial charge in [0.25, 0.3) is 0 Å². The number of aliphatic carboxylic acids is 1. The van der Waals surface area contributed by atoms with Gasteiger partial charge in [-0.1, -0.05) is 6.07 Å². The number of methoxy groups -OCH3 is 2. The van der Waals surface area contributed by atoms with E-state index < -0.39 is 12.0 Å². The van der Waals surface area contributed by atoms with Gasteiger partial charge in [-0.3, -0.25) is 4.79 Å². The lowest BCUT2D eigenvalue weighted by atomic mass is 10.1. The Morgan fingerprint density at radius 3 is 0.683 bits per heavy atom. The van der Waals surface area contributed by atoms with Crippen molar-refractivity contribution in [1.82, 2.24) is 0 Å². The lowest BCUT2D eigenvalue weighted by Crippen LogP contribution is -2.32. The summed E-state index contributed by atoms with van der Waals surface area (Å²) in [5, 5.41) is 9.29. The van der Waals surface area contributed by atoms with Gasteiger partial charge in [-0.05, 0) is 24.1 Å². The van der Waals surface area contributed by atoms with Crippen LogP contribution in [0.2, 0.25) is 0 Å². The predicted molar refractivity (Wildman–Crippen MR) is 297 cm³/mol. The molecule has 0 fully saturated rings. The van der Waals surface area contributed by atoms with E-state index in [2.05, 4.69) is 0 Å². The molecule has 1 aromatic rings. The average Bonchev–Trinajstić information content (AvgIpc) is 3.48. The van der Waals surface area contributed by atoms with Crippen LogP contribution in [0.3, 0.4) is 0 Å². The number of nitrogens with two attached hydrogens (primary N) is 1. The highest BCUT2D eigenvalue weighted by Crippen LogP contribution is 2.29. The maximum Gasteiger partial charge on any atom is 0.320 e. The Morgan fingerprint density at radius 2 is 0.488 bits per heavy atom. The van der Waals surface area contributed by atoms with Crippen LogP contribution in [0.4, 0.5) is 0 Å². The molecule has 0 bridgehead atoms. The molecule has 1 atom stereocenters. The zero-order valence-electron chi connectivity index (χ0n) is 49.4. The van der Waals surface area contributed by atoms with E-state index in [4.69, 9.17) is 119 Å². The Kier molecular flexibility index (Phi) is 62.2. The third-order valence-corrected chi connectivity index (χ3v) is 10.3. The van der Waals surface area contributed by atoms with E-state index in [1.807, 2.05) is 0 Å². The largest absolute Gasteiger partial charge is 0.487 e. The van der Waals surface area contributed by atoms with Gasteiger partial charge < -0.3 is 125 Å². The van der Waals surface area contributed by atoms with Crippen LogP contribution in [0.15, 0.2) is 18.2 Å². The molecule has 0 heterocycles. The number of ether oxygens (including phenoxy) is 24. The fourth-order valence-corrected chi connectivity index (χ4v) is 6.12. The highest BCUT2D eigenvalue weighted by molar-refractivity contribution is 5.73. The summed E-state index contributed by atoms with van der Waals surface area (Å²) in [6.07, 6.45) is 0.128. The molecule has 0 aliphatic heterocycles. The van der Waals surface area contributed by atoms with E-state index in [1.165, 1.54) is 0 Å². The maximum absolute atomic E-state index is 11.4. The van der Waals surface area contributed by atoms with E-state index in [9.17, 15) is 9.90 Å². The summed E-state index contributed by atoms with van der Waals surface area (Å²) in [5.41, 5.74) is 6.47. The van der Waals surface area contributed by atoms with E-state index in [-0.39, 0.29) is 19.6 Å². The van der Waals surface area contributed by atoms with E-state index >= 15 is 0 Å².